The second kappa shape index (κ2) is 9.37. The van der Waals surface area contributed by atoms with Crippen molar-refractivity contribution in [2.24, 2.45) is 5.92 Å². The summed E-state index contributed by atoms with van der Waals surface area (Å²) in [5.74, 6) is 0.430. The van der Waals surface area contributed by atoms with Gasteiger partial charge in [0.15, 0.2) is 0 Å². The lowest BCUT2D eigenvalue weighted by Crippen LogP contribution is -2.43. The molecule has 1 aliphatic rings. The van der Waals surface area contributed by atoms with Gasteiger partial charge in [0.25, 0.3) is 0 Å². The van der Waals surface area contributed by atoms with Crippen LogP contribution in [0.4, 0.5) is 4.79 Å². The molecule has 0 atom stereocenters. The molecule has 1 heterocycles. The van der Waals surface area contributed by atoms with Gasteiger partial charge in [-0.25, -0.2) is 18.2 Å². The zero-order chi connectivity index (χ0) is 20.9. The van der Waals surface area contributed by atoms with Crippen molar-refractivity contribution in [2.45, 2.75) is 38.3 Å². The van der Waals surface area contributed by atoms with Gasteiger partial charge in [-0.3, -0.25) is 0 Å². The van der Waals surface area contributed by atoms with E-state index in [4.69, 9.17) is 5.26 Å². The molecule has 9 heteroatoms. The highest BCUT2D eigenvalue weighted by molar-refractivity contribution is 7.90. The van der Waals surface area contributed by atoms with E-state index in [9.17, 15) is 13.2 Å². The van der Waals surface area contributed by atoms with E-state index in [2.05, 4.69) is 21.7 Å². The number of nitrogens with zero attached hydrogens (tertiary/aromatic N) is 2. The highest BCUT2D eigenvalue weighted by Crippen LogP contribution is 2.26. The van der Waals surface area contributed by atoms with Gasteiger partial charge in [-0.15, -0.1) is 11.3 Å². The summed E-state index contributed by atoms with van der Waals surface area (Å²) in [5, 5.41) is 17.4. The Morgan fingerprint density at radius 1 is 1.24 bits per heavy atom. The summed E-state index contributed by atoms with van der Waals surface area (Å²) in [5.41, 5.74) is 2.33. The minimum atomic E-state index is -2.95. The van der Waals surface area contributed by atoms with Crippen molar-refractivity contribution in [3.63, 3.8) is 0 Å². The Bertz CT molecular complexity index is 985. The van der Waals surface area contributed by atoms with E-state index in [1.165, 1.54) is 17.6 Å². The van der Waals surface area contributed by atoms with Gasteiger partial charge in [0.2, 0.25) is 0 Å². The molecule has 1 aromatic heterocycles. The van der Waals surface area contributed by atoms with Gasteiger partial charge in [-0.05, 0) is 43.7 Å². The van der Waals surface area contributed by atoms with Crippen LogP contribution in [0.25, 0.3) is 10.6 Å². The average molecular weight is 433 g/mol. The van der Waals surface area contributed by atoms with Gasteiger partial charge in [0.1, 0.15) is 14.8 Å². The lowest BCUT2D eigenvalue weighted by Gasteiger charge is -2.28. The van der Waals surface area contributed by atoms with Crippen molar-refractivity contribution < 1.29 is 13.2 Å². The SMILES string of the molecule is CS(=O)(=O)CC1CCC(NC(=O)NCc2csc(-c3ccc(C#N)cc3)n2)CC1. The molecule has 0 spiro atoms. The molecule has 1 saturated carbocycles. The van der Waals surface area contributed by atoms with Gasteiger partial charge in [0, 0.05) is 23.2 Å². The number of carbonyl (C=O) groups is 1. The van der Waals surface area contributed by atoms with Crippen molar-refractivity contribution in [3.05, 3.63) is 40.9 Å². The number of nitrogens with one attached hydrogen (secondary N) is 2. The Morgan fingerprint density at radius 3 is 2.55 bits per heavy atom. The summed E-state index contributed by atoms with van der Waals surface area (Å²) < 4.78 is 22.8. The van der Waals surface area contributed by atoms with Crippen LogP contribution in [-0.2, 0) is 16.4 Å². The first kappa shape index (κ1) is 21.3. The zero-order valence-electron chi connectivity index (χ0n) is 16.2. The molecule has 0 unspecified atom stereocenters. The molecule has 3 rings (SSSR count). The number of urea groups is 1. The Balaban J connectivity index is 1.43. The van der Waals surface area contributed by atoms with E-state index >= 15 is 0 Å². The van der Waals surface area contributed by atoms with Crippen molar-refractivity contribution in [1.82, 2.24) is 15.6 Å². The Morgan fingerprint density at radius 2 is 1.93 bits per heavy atom. The van der Waals surface area contributed by atoms with E-state index in [1.54, 1.807) is 12.1 Å². The summed E-state index contributed by atoms with van der Waals surface area (Å²) in [6.45, 7) is 0.335. The number of hydrogen-bond donors (Lipinski definition) is 2. The molecule has 29 heavy (non-hydrogen) atoms. The summed E-state index contributed by atoms with van der Waals surface area (Å²) in [6, 6.07) is 9.18. The second-order valence-electron chi connectivity index (χ2n) is 7.47. The molecule has 2 N–H and O–H groups in total. The number of hydrogen-bond acceptors (Lipinski definition) is 6. The third-order valence-corrected chi connectivity index (χ3v) is 6.98. The number of thiazole rings is 1. The highest BCUT2D eigenvalue weighted by Gasteiger charge is 2.24. The largest absolute Gasteiger partial charge is 0.335 e. The zero-order valence-corrected chi connectivity index (χ0v) is 17.9. The number of carbonyl (C=O) groups excluding carboxylic acids is 1. The molecular weight excluding hydrogens is 408 g/mol. The number of aromatic nitrogens is 1. The van der Waals surface area contributed by atoms with E-state index in [-0.39, 0.29) is 23.7 Å². The van der Waals surface area contributed by atoms with E-state index in [0.29, 0.717) is 12.1 Å². The second-order valence-corrected chi connectivity index (χ2v) is 10.5. The molecule has 1 fully saturated rings. The van der Waals surface area contributed by atoms with Gasteiger partial charge in [0.05, 0.1) is 29.6 Å². The first-order chi connectivity index (χ1) is 13.8. The summed E-state index contributed by atoms with van der Waals surface area (Å²) >= 11 is 1.49. The molecule has 1 aromatic carbocycles. The summed E-state index contributed by atoms with van der Waals surface area (Å²) in [4.78, 5) is 16.7. The molecule has 0 aliphatic heterocycles. The molecule has 1 aliphatic carbocycles. The smallest absolute Gasteiger partial charge is 0.315 e. The van der Waals surface area contributed by atoms with Crippen LogP contribution in [0.3, 0.4) is 0 Å². The molecule has 2 aromatic rings. The van der Waals surface area contributed by atoms with Gasteiger partial charge < -0.3 is 10.6 Å². The minimum Gasteiger partial charge on any atom is -0.335 e. The maximum absolute atomic E-state index is 12.2. The van der Waals surface area contributed by atoms with Crippen molar-refractivity contribution in [2.75, 3.05) is 12.0 Å². The van der Waals surface area contributed by atoms with E-state index in [1.807, 2.05) is 17.5 Å². The van der Waals surface area contributed by atoms with Gasteiger partial charge >= 0.3 is 6.03 Å². The monoisotopic (exact) mass is 432 g/mol. The van der Waals surface area contributed by atoms with Crippen LogP contribution < -0.4 is 10.6 Å². The standard InChI is InChI=1S/C20H24N4O3S2/c1-29(26,27)13-15-4-8-17(9-5-15)24-20(25)22-11-18-12-28-19(23-18)16-6-2-14(10-21)3-7-16/h2-3,6-7,12,15,17H,4-5,8-9,11,13H2,1H3,(H2,22,24,25). The van der Waals surface area contributed by atoms with Crippen LogP contribution in [0.15, 0.2) is 29.6 Å². The van der Waals surface area contributed by atoms with Crippen LogP contribution in [-0.4, -0.2) is 37.5 Å². The lowest BCUT2D eigenvalue weighted by molar-refractivity contribution is 0.228. The predicted molar refractivity (Wildman–Crippen MR) is 113 cm³/mol. The van der Waals surface area contributed by atoms with Crippen LogP contribution >= 0.6 is 11.3 Å². The third kappa shape index (κ3) is 6.54. The normalized spacial score (nSPS) is 19.3. The maximum Gasteiger partial charge on any atom is 0.315 e. The quantitative estimate of drug-likeness (QED) is 0.728. The first-order valence-corrected chi connectivity index (χ1v) is 12.4. The molecule has 154 valence electrons. The Hall–Kier alpha value is -2.44. The number of rotatable bonds is 6. The highest BCUT2D eigenvalue weighted by atomic mass is 32.2. The van der Waals surface area contributed by atoms with Crippen molar-refractivity contribution >= 4 is 27.2 Å². The van der Waals surface area contributed by atoms with Crippen molar-refractivity contribution in [3.8, 4) is 16.6 Å². The topological polar surface area (TPSA) is 112 Å². The van der Waals surface area contributed by atoms with Gasteiger partial charge in [-0.1, -0.05) is 12.1 Å². The number of nitriles is 1. The first-order valence-electron chi connectivity index (χ1n) is 9.49. The minimum absolute atomic E-state index is 0.0791. The van der Waals surface area contributed by atoms with E-state index < -0.39 is 9.84 Å². The Kier molecular flexibility index (Phi) is 6.87. The third-order valence-electron chi connectivity index (χ3n) is 4.96. The molecule has 7 nitrogen and oxygen atoms in total. The molecule has 2 amide bonds. The fraction of sp³-hybridized carbons (Fsp3) is 0.450. The fourth-order valence-corrected chi connectivity index (χ4v) is 5.53. The molecule has 0 bridgehead atoms. The van der Waals surface area contributed by atoms with Crippen LogP contribution in [0, 0.1) is 17.2 Å². The fourth-order valence-electron chi connectivity index (χ4n) is 3.52. The van der Waals surface area contributed by atoms with E-state index in [0.717, 1.165) is 41.9 Å². The molecule has 0 radical (unpaired) electrons. The number of benzene rings is 1. The summed E-state index contributed by atoms with van der Waals surface area (Å²) in [7, 11) is -2.95. The van der Waals surface area contributed by atoms with Gasteiger partial charge in [-0.2, -0.15) is 5.26 Å². The number of sulfone groups is 1. The molecule has 0 saturated heterocycles. The number of amides is 2. The van der Waals surface area contributed by atoms with Crippen molar-refractivity contribution in [1.29, 1.82) is 5.26 Å². The van der Waals surface area contributed by atoms with Crippen LogP contribution in [0.2, 0.25) is 0 Å². The lowest BCUT2D eigenvalue weighted by atomic mass is 9.87. The summed E-state index contributed by atoms with van der Waals surface area (Å²) in [6.07, 6.45) is 4.51. The Labute approximate surface area is 175 Å². The van der Waals surface area contributed by atoms with Crippen LogP contribution in [0.1, 0.15) is 36.9 Å². The van der Waals surface area contributed by atoms with Crippen LogP contribution in [0.5, 0.6) is 0 Å². The predicted octanol–water partition coefficient (Wildman–Crippen LogP) is 3.08. The maximum atomic E-state index is 12.2. The molecular formula is C20H24N4O3S2. The average Bonchev–Trinajstić information content (AvgIpc) is 3.16.